The fourth-order valence-electron chi connectivity index (χ4n) is 1.13. The zero-order chi connectivity index (χ0) is 11.1. The van der Waals surface area contributed by atoms with Gasteiger partial charge in [0, 0.05) is 0 Å². The standard InChI is InChI=1S/C10H12O2.C2H6/c1-3-8(11)10-7(2)5-4-6-9(10)12;1-2/h3-6,11-12H,1-2H3;1-2H3/b8-3+;. The summed E-state index contributed by atoms with van der Waals surface area (Å²) in [6.07, 6.45) is 1.56. The summed E-state index contributed by atoms with van der Waals surface area (Å²) in [6.45, 7) is 7.57. The maximum atomic E-state index is 9.39. The maximum absolute atomic E-state index is 9.39. The Morgan fingerprint density at radius 2 is 1.86 bits per heavy atom. The van der Waals surface area contributed by atoms with Gasteiger partial charge in [-0.25, -0.2) is 0 Å². The third-order valence-corrected chi connectivity index (χ3v) is 1.78. The first-order chi connectivity index (χ1) is 6.66. The molecule has 14 heavy (non-hydrogen) atoms. The van der Waals surface area contributed by atoms with Gasteiger partial charge in [-0.15, -0.1) is 0 Å². The van der Waals surface area contributed by atoms with Gasteiger partial charge in [-0.1, -0.05) is 26.0 Å². The fourth-order valence-corrected chi connectivity index (χ4v) is 1.13. The zero-order valence-electron chi connectivity index (χ0n) is 9.20. The van der Waals surface area contributed by atoms with E-state index in [1.54, 1.807) is 25.1 Å². The van der Waals surface area contributed by atoms with E-state index in [0.29, 0.717) is 5.56 Å². The lowest BCUT2D eigenvalue weighted by molar-refractivity contribution is 0.459. The number of hydrogen-bond donors (Lipinski definition) is 2. The van der Waals surface area contributed by atoms with E-state index in [9.17, 15) is 10.2 Å². The van der Waals surface area contributed by atoms with Crippen LogP contribution in [-0.2, 0) is 0 Å². The summed E-state index contributed by atoms with van der Waals surface area (Å²) in [5, 5.41) is 18.8. The highest BCUT2D eigenvalue weighted by atomic mass is 16.3. The van der Waals surface area contributed by atoms with Crippen LogP contribution in [0.4, 0.5) is 0 Å². The molecule has 0 unspecified atom stereocenters. The Bertz CT molecular complexity index is 294. The molecule has 78 valence electrons. The summed E-state index contributed by atoms with van der Waals surface area (Å²) in [6, 6.07) is 5.15. The molecule has 0 bridgehead atoms. The lowest BCUT2D eigenvalue weighted by Crippen LogP contribution is -1.87. The van der Waals surface area contributed by atoms with Crippen molar-refractivity contribution in [3.05, 3.63) is 35.4 Å². The molecule has 0 atom stereocenters. The highest BCUT2D eigenvalue weighted by molar-refractivity contribution is 5.66. The number of phenols is 1. The Labute approximate surface area is 85.5 Å². The summed E-state index contributed by atoms with van der Waals surface area (Å²) >= 11 is 0. The molecule has 2 nitrogen and oxygen atoms in total. The molecule has 0 aliphatic heterocycles. The Morgan fingerprint density at radius 1 is 1.29 bits per heavy atom. The van der Waals surface area contributed by atoms with E-state index >= 15 is 0 Å². The molecular formula is C12H18O2. The molecule has 0 radical (unpaired) electrons. The van der Waals surface area contributed by atoms with Crippen LogP contribution in [-0.4, -0.2) is 10.2 Å². The van der Waals surface area contributed by atoms with Crippen molar-refractivity contribution >= 4 is 5.76 Å². The number of aliphatic hydroxyl groups excluding tert-OH is 1. The van der Waals surface area contributed by atoms with E-state index in [1.165, 1.54) is 0 Å². The first-order valence-electron chi connectivity index (χ1n) is 4.81. The molecule has 2 heteroatoms. The molecule has 0 amide bonds. The normalized spacial score (nSPS) is 10.4. The van der Waals surface area contributed by atoms with Gasteiger partial charge in [-0.05, 0) is 31.6 Å². The average Bonchev–Trinajstić information content (AvgIpc) is 2.20. The van der Waals surface area contributed by atoms with Crippen LogP contribution in [0.2, 0.25) is 0 Å². The lowest BCUT2D eigenvalue weighted by Gasteiger charge is -2.06. The first kappa shape index (κ1) is 12.6. The summed E-state index contributed by atoms with van der Waals surface area (Å²) < 4.78 is 0. The predicted octanol–water partition coefficient (Wildman–Crippen LogP) is 3.65. The van der Waals surface area contributed by atoms with E-state index in [0.717, 1.165) is 5.56 Å². The van der Waals surface area contributed by atoms with E-state index < -0.39 is 0 Å². The zero-order valence-corrected chi connectivity index (χ0v) is 9.20. The number of benzene rings is 1. The number of rotatable bonds is 1. The third kappa shape index (κ3) is 2.80. The second-order valence-electron chi connectivity index (χ2n) is 2.64. The molecule has 1 rings (SSSR count). The van der Waals surface area contributed by atoms with Crippen LogP contribution in [0.3, 0.4) is 0 Å². The lowest BCUT2D eigenvalue weighted by atomic mass is 10.1. The smallest absolute Gasteiger partial charge is 0.126 e. The van der Waals surface area contributed by atoms with Gasteiger partial charge in [0.25, 0.3) is 0 Å². The number of aliphatic hydroxyl groups is 1. The average molecular weight is 194 g/mol. The molecule has 0 aliphatic carbocycles. The summed E-state index contributed by atoms with van der Waals surface area (Å²) in [4.78, 5) is 0. The number of aromatic hydroxyl groups is 1. The Hall–Kier alpha value is -1.44. The molecule has 1 aromatic rings. The highest BCUT2D eigenvalue weighted by Crippen LogP contribution is 2.26. The Balaban J connectivity index is 0.000000791. The molecule has 0 saturated carbocycles. The second-order valence-corrected chi connectivity index (χ2v) is 2.64. The Kier molecular flexibility index (Phi) is 5.46. The highest BCUT2D eigenvalue weighted by Gasteiger charge is 2.06. The van der Waals surface area contributed by atoms with E-state index in [1.807, 2.05) is 26.8 Å². The fraction of sp³-hybridized carbons (Fsp3) is 0.333. The molecule has 0 saturated heterocycles. The number of aryl methyl sites for hydroxylation is 1. The molecule has 0 heterocycles. The SMILES string of the molecule is C/C=C(/O)c1c(C)cccc1O.CC. The molecule has 0 spiro atoms. The van der Waals surface area contributed by atoms with Gasteiger partial charge < -0.3 is 10.2 Å². The minimum Gasteiger partial charge on any atom is -0.508 e. The van der Waals surface area contributed by atoms with Crippen LogP contribution in [0.5, 0.6) is 5.75 Å². The van der Waals surface area contributed by atoms with Crippen LogP contribution in [0.1, 0.15) is 31.9 Å². The third-order valence-electron chi connectivity index (χ3n) is 1.78. The molecule has 0 fully saturated rings. The largest absolute Gasteiger partial charge is 0.508 e. The van der Waals surface area contributed by atoms with Gasteiger partial charge in [0.2, 0.25) is 0 Å². The van der Waals surface area contributed by atoms with Crippen LogP contribution in [0.25, 0.3) is 5.76 Å². The van der Waals surface area contributed by atoms with Crippen LogP contribution >= 0.6 is 0 Å². The maximum Gasteiger partial charge on any atom is 0.126 e. The monoisotopic (exact) mass is 194 g/mol. The van der Waals surface area contributed by atoms with Crippen molar-refractivity contribution in [2.24, 2.45) is 0 Å². The van der Waals surface area contributed by atoms with Gasteiger partial charge in [0.05, 0.1) is 5.56 Å². The van der Waals surface area contributed by atoms with Crippen molar-refractivity contribution < 1.29 is 10.2 Å². The summed E-state index contributed by atoms with van der Waals surface area (Å²) in [5.74, 6) is 0.233. The van der Waals surface area contributed by atoms with Crippen molar-refractivity contribution in [2.75, 3.05) is 0 Å². The van der Waals surface area contributed by atoms with Crippen molar-refractivity contribution in [3.8, 4) is 5.75 Å². The van der Waals surface area contributed by atoms with Crippen LogP contribution in [0, 0.1) is 6.92 Å². The predicted molar refractivity (Wildman–Crippen MR) is 60.5 cm³/mol. The minimum absolute atomic E-state index is 0.116. The molecular weight excluding hydrogens is 176 g/mol. The number of phenolic OH excluding ortho intramolecular Hbond substituents is 1. The molecule has 2 N–H and O–H groups in total. The van der Waals surface area contributed by atoms with Crippen molar-refractivity contribution in [1.82, 2.24) is 0 Å². The van der Waals surface area contributed by atoms with Crippen LogP contribution in [0.15, 0.2) is 24.3 Å². The Morgan fingerprint density at radius 3 is 2.29 bits per heavy atom. The van der Waals surface area contributed by atoms with Crippen molar-refractivity contribution in [2.45, 2.75) is 27.7 Å². The molecule has 1 aromatic carbocycles. The second kappa shape index (κ2) is 6.08. The van der Waals surface area contributed by atoms with Gasteiger partial charge in [0.1, 0.15) is 11.5 Å². The van der Waals surface area contributed by atoms with Crippen molar-refractivity contribution in [3.63, 3.8) is 0 Å². The van der Waals surface area contributed by atoms with E-state index in [4.69, 9.17) is 0 Å². The first-order valence-corrected chi connectivity index (χ1v) is 4.81. The quantitative estimate of drug-likeness (QED) is 0.670. The molecule has 0 aromatic heterocycles. The molecule has 0 aliphatic rings. The topological polar surface area (TPSA) is 40.5 Å². The van der Waals surface area contributed by atoms with Gasteiger partial charge in [-0.2, -0.15) is 0 Å². The number of hydrogen-bond acceptors (Lipinski definition) is 2. The van der Waals surface area contributed by atoms with Gasteiger partial charge in [0.15, 0.2) is 0 Å². The number of allylic oxidation sites excluding steroid dienone is 1. The van der Waals surface area contributed by atoms with Gasteiger partial charge >= 0.3 is 0 Å². The summed E-state index contributed by atoms with van der Waals surface area (Å²) in [5.41, 5.74) is 1.38. The van der Waals surface area contributed by atoms with E-state index in [2.05, 4.69) is 0 Å². The van der Waals surface area contributed by atoms with Gasteiger partial charge in [-0.3, -0.25) is 0 Å². The van der Waals surface area contributed by atoms with Crippen molar-refractivity contribution in [1.29, 1.82) is 0 Å². The minimum atomic E-state index is 0.116. The van der Waals surface area contributed by atoms with E-state index in [-0.39, 0.29) is 11.5 Å². The van der Waals surface area contributed by atoms with Crippen LogP contribution < -0.4 is 0 Å². The summed E-state index contributed by atoms with van der Waals surface area (Å²) in [7, 11) is 0.